The van der Waals surface area contributed by atoms with Crippen LogP contribution in [0.5, 0.6) is 0 Å². The maximum Gasteiger partial charge on any atom is 0.417 e. The molecular formula is C14H18F3N3O. The summed E-state index contributed by atoms with van der Waals surface area (Å²) in [5.41, 5.74) is -0.750. The monoisotopic (exact) mass is 301 g/mol. The molecule has 0 atom stereocenters. The molecule has 116 valence electrons. The second kappa shape index (κ2) is 5.91. The molecule has 0 spiro atoms. The van der Waals surface area contributed by atoms with Gasteiger partial charge in [-0.2, -0.15) is 13.2 Å². The molecule has 1 saturated heterocycles. The molecule has 0 aliphatic carbocycles. The second-order valence-corrected chi connectivity index (χ2v) is 5.37. The Labute approximate surface area is 121 Å². The van der Waals surface area contributed by atoms with Crippen LogP contribution in [0.4, 0.5) is 19.0 Å². The first kappa shape index (κ1) is 15.6. The lowest BCUT2D eigenvalue weighted by Gasteiger charge is -2.36. The summed E-state index contributed by atoms with van der Waals surface area (Å²) in [6.45, 7) is 6.01. The van der Waals surface area contributed by atoms with Crippen LogP contribution >= 0.6 is 0 Å². The molecule has 21 heavy (non-hydrogen) atoms. The molecule has 0 N–H and O–H groups in total. The largest absolute Gasteiger partial charge is 0.417 e. The summed E-state index contributed by atoms with van der Waals surface area (Å²) in [7, 11) is 0. The van der Waals surface area contributed by atoms with Crippen LogP contribution in [0, 0.1) is 5.92 Å². The van der Waals surface area contributed by atoms with Gasteiger partial charge in [-0.15, -0.1) is 0 Å². The third-order valence-corrected chi connectivity index (χ3v) is 3.48. The molecule has 4 nitrogen and oxygen atoms in total. The molecule has 1 aromatic rings. The SMILES string of the molecule is CC(C)C(=O)N1CCN(c2ccc(C(F)(F)F)cn2)CC1. The van der Waals surface area contributed by atoms with E-state index in [2.05, 4.69) is 4.98 Å². The number of aromatic nitrogens is 1. The van der Waals surface area contributed by atoms with Gasteiger partial charge < -0.3 is 9.80 Å². The summed E-state index contributed by atoms with van der Waals surface area (Å²) < 4.78 is 37.4. The number of piperazine rings is 1. The average Bonchev–Trinajstić information content (AvgIpc) is 2.46. The van der Waals surface area contributed by atoms with E-state index in [4.69, 9.17) is 0 Å². The Kier molecular flexibility index (Phi) is 4.39. The van der Waals surface area contributed by atoms with Gasteiger partial charge in [0.15, 0.2) is 0 Å². The molecule has 1 fully saturated rings. The molecule has 0 radical (unpaired) electrons. The third-order valence-electron chi connectivity index (χ3n) is 3.48. The van der Waals surface area contributed by atoms with E-state index >= 15 is 0 Å². The molecule has 7 heteroatoms. The van der Waals surface area contributed by atoms with Gasteiger partial charge in [0, 0.05) is 38.3 Å². The molecule has 0 bridgehead atoms. The van der Waals surface area contributed by atoms with Crippen LogP contribution in [-0.2, 0) is 11.0 Å². The lowest BCUT2D eigenvalue weighted by Crippen LogP contribution is -2.50. The topological polar surface area (TPSA) is 36.4 Å². The molecule has 1 aliphatic rings. The minimum absolute atomic E-state index is 0.0410. The molecule has 0 unspecified atom stereocenters. The van der Waals surface area contributed by atoms with Crippen molar-refractivity contribution < 1.29 is 18.0 Å². The summed E-state index contributed by atoms with van der Waals surface area (Å²) in [5.74, 6) is 0.579. The number of pyridine rings is 1. The Hall–Kier alpha value is -1.79. The number of amides is 1. The Morgan fingerprint density at radius 2 is 1.81 bits per heavy atom. The van der Waals surface area contributed by atoms with Gasteiger partial charge in [-0.1, -0.05) is 13.8 Å². The van der Waals surface area contributed by atoms with E-state index in [0.717, 1.165) is 12.3 Å². The number of hydrogen-bond acceptors (Lipinski definition) is 3. The highest BCUT2D eigenvalue weighted by Crippen LogP contribution is 2.29. The highest BCUT2D eigenvalue weighted by atomic mass is 19.4. The van der Waals surface area contributed by atoms with Crippen molar-refractivity contribution in [3.05, 3.63) is 23.9 Å². The maximum atomic E-state index is 12.5. The number of alkyl halides is 3. The fourth-order valence-corrected chi connectivity index (χ4v) is 2.26. The van der Waals surface area contributed by atoms with Crippen LogP contribution < -0.4 is 4.90 Å². The van der Waals surface area contributed by atoms with Crippen molar-refractivity contribution in [3.8, 4) is 0 Å². The van der Waals surface area contributed by atoms with Gasteiger partial charge in [0.2, 0.25) is 5.91 Å². The zero-order valence-corrected chi connectivity index (χ0v) is 12.0. The van der Waals surface area contributed by atoms with Crippen molar-refractivity contribution in [3.63, 3.8) is 0 Å². The fourth-order valence-electron chi connectivity index (χ4n) is 2.26. The number of anilines is 1. The molecule has 0 aromatic carbocycles. The van der Waals surface area contributed by atoms with Gasteiger partial charge in [0.1, 0.15) is 5.82 Å². The van der Waals surface area contributed by atoms with Gasteiger partial charge in [-0.3, -0.25) is 4.79 Å². The minimum Gasteiger partial charge on any atom is -0.353 e. The van der Waals surface area contributed by atoms with E-state index in [1.54, 1.807) is 4.90 Å². The number of nitrogens with zero attached hydrogens (tertiary/aromatic N) is 3. The number of rotatable bonds is 2. The van der Waals surface area contributed by atoms with E-state index in [-0.39, 0.29) is 11.8 Å². The van der Waals surface area contributed by atoms with Crippen LogP contribution in [0.3, 0.4) is 0 Å². The maximum absolute atomic E-state index is 12.5. The minimum atomic E-state index is -4.37. The van der Waals surface area contributed by atoms with Crippen molar-refractivity contribution >= 4 is 11.7 Å². The Morgan fingerprint density at radius 3 is 2.24 bits per heavy atom. The first-order valence-electron chi connectivity index (χ1n) is 6.86. The van der Waals surface area contributed by atoms with Crippen molar-refractivity contribution in [2.24, 2.45) is 5.92 Å². The van der Waals surface area contributed by atoms with Crippen LogP contribution in [0.2, 0.25) is 0 Å². The average molecular weight is 301 g/mol. The van der Waals surface area contributed by atoms with E-state index in [0.29, 0.717) is 32.0 Å². The molecule has 1 aliphatic heterocycles. The molecule has 1 amide bonds. The number of carbonyl (C=O) groups excluding carboxylic acids is 1. The number of halogens is 3. The second-order valence-electron chi connectivity index (χ2n) is 5.37. The van der Waals surface area contributed by atoms with E-state index in [1.165, 1.54) is 6.07 Å². The lowest BCUT2D eigenvalue weighted by molar-refractivity contribution is -0.138. The van der Waals surface area contributed by atoms with Gasteiger partial charge in [0.05, 0.1) is 5.56 Å². The van der Waals surface area contributed by atoms with Crippen LogP contribution in [0.1, 0.15) is 19.4 Å². The fraction of sp³-hybridized carbons (Fsp3) is 0.571. The zero-order valence-electron chi connectivity index (χ0n) is 12.0. The van der Waals surface area contributed by atoms with E-state index in [1.807, 2.05) is 18.7 Å². The molecule has 0 saturated carbocycles. The quantitative estimate of drug-likeness (QED) is 0.841. The number of carbonyl (C=O) groups is 1. The standard InChI is InChI=1S/C14H18F3N3O/c1-10(2)13(21)20-7-5-19(6-8-20)12-4-3-11(9-18-12)14(15,16)17/h3-4,9-10H,5-8H2,1-2H3. The van der Waals surface area contributed by atoms with Gasteiger partial charge in [0.25, 0.3) is 0 Å². The molecule has 2 rings (SSSR count). The summed E-state index contributed by atoms with van der Waals surface area (Å²) in [6, 6.07) is 2.41. The predicted octanol–water partition coefficient (Wildman–Crippen LogP) is 2.41. The van der Waals surface area contributed by atoms with Crippen molar-refractivity contribution in [2.75, 3.05) is 31.1 Å². The lowest BCUT2D eigenvalue weighted by atomic mass is 10.1. The Bertz CT molecular complexity index is 491. The summed E-state index contributed by atoms with van der Waals surface area (Å²) in [4.78, 5) is 19.4. The van der Waals surface area contributed by atoms with Crippen molar-refractivity contribution in [2.45, 2.75) is 20.0 Å². The molecule has 1 aromatic heterocycles. The highest BCUT2D eigenvalue weighted by molar-refractivity contribution is 5.78. The first-order valence-corrected chi connectivity index (χ1v) is 6.86. The van der Waals surface area contributed by atoms with E-state index < -0.39 is 11.7 Å². The normalized spacial score (nSPS) is 16.5. The van der Waals surface area contributed by atoms with Crippen LogP contribution in [0.25, 0.3) is 0 Å². The summed E-state index contributed by atoms with van der Waals surface area (Å²) in [6.07, 6.45) is -3.52. The molecular weight excluding hydrogens is 283 g/mol. The molecule has 2 heterocycles. The Balaban J connectivity index is 1.98. The first-order chi connectivity index (χ1) is 9.79. The highest BCUT2D eigenvalue weighted by Gasteiger charge is 2.31. The van der Waals surface area contributed by atoms with Gasteiger partial charge in [-0.25, -0.2) is 4.98 Å². The zero-order chi connectivity index (χ0) is 15.6. The van der Waals surface area contributed by atoms with Crippen molar-refractivity contribution in [1.82, 2.24) is 9.88 Å². The summed E-state index contributed by atoms with van der Waals surface area (Å²) >= 11 is 0. The van der Waals surface area contributed by atoms with E-state index in [9.17, 15) is 18.0 Å². The van der Waals surface area contributed by atoms with Crippen molar-refractivity contribution in [1.29, 1.82) is 0 Å². The number of hydrogen-bond donors (Lipinski definition) is 0. The smallest absolute Gasteiger partial charge is 0.353 e. The van der Waals surface area contributed by atoms with Crippen LogP contribution in [0.15, 0.2) is 18.3 Å². The summed E-state index contributed by atoms with van der Waals surface area (Å²) in [5, 5.41) is 0. The van der Waals surface area contributed by atoms with Gasteiger partial charge in [-0.05, 0) is 12.1 Å². The van der Waals surface area contributed by atoms with Gasteiger partial charge >= 0.3 is 6.18 Å². The van der Waals surface area contributed by atoms with Crippen LogP contribution in [-0.4, -0.2) is 42.0 Å². The predicted molar refractivity (Wildman–Crippen MR) is 72.9 cm³/mol. The third kappa shape index (κ3) is 3.65. The Morgan fingerprint density at radius 1 is 1.19 bits per heavy atom.